The summed E-state index contributed by atoms with van der Waals surface area (Å²) in [6.07, 6.45) is 0.940. The molecular formula is C15H16FN3S. The molecule has 3 nitrogen and oxygen atoms in total. The van der Waals surface area contributed by atoms with E-state index in [4.69, 9.17) is 0 Å². The summed E-state index contributed by atoms with van der Waals surface area (Å²) >= 11 is 1.61. The molecule has 2 aromatic heterocycles. The quantitative estimate of drug-likeness (QED) is 0.726. The van der Waals surface area contributed by atoms with Crippen LogP contribution >= 0.6 is 11.3 Å². The van der Waals surface area contributed by atoms with Gasteiger partial charge in [0.2, 0.25) is 4.96 Å². The summed E-state index contributed by atoms with van der Waals surface area (Å²) < 4.78 is 15.3. The molecule has 0 saturated heterocycles. The Morgan fingerprint density at radius 2 is 2.15 bits per heavy atom. The van der Waals surface area contributed by atoms with Gasteiger partial charge in [0.15, 0.2) is 0 Å². The van der Waals surface area contributed by atoms with Crippen LogP contribution in [0.5, 0.6) is 0 Å². The van der Waals surface area contributed by atoms with Gasteiger partial charge in [0, 0.05) is 12.0 Å². The maximum Gasteiger partial charge on any atom is 0.212 e. The van der Waals surface area contributed by atoms with E-state index >= 15 is 0 Å². The van der Waals surface area contributed by atoms with Gasteiger partial charge in [-0.05, 0) is 25.0 Å². The molecule has 0 aliphatic carbocycles. The van der Waals surface area contributed by atoms with Gasteiger partial charge in [-0.25, -0.2) is 13.9 Å². The van der Waals surface area contributed by atoms with Crippen LogP contribution in [0.15, 0.2) is 24.3 Å². The fraction of sp³-hybridized carbons (Fsp3) is 0.333. The lowest BCUT2D eigenvalue weighted by atomic mass is 10.1. The maximum atomic E-state index is 13.4. The number of hydrogen-bond acceptors (Lipinski definition) is 3. The lowest BCUT2D eigenvalue weighted by molar-refractivity contribution is 0.628. The maximum absolute atomic E-state index is 13.4. The number of hydrogen-bond donors (Lipinski definition) is 0. The summed E-state index contributed by atoms with van der Waals surface area (Å²) in [5, 5.41) is 5.70. The topological polar surface area (TPSA) is 30.2 Å². The van der Waals surface area contributed by atoms with Crippen LogP contribution in [0, 0.1) is 18.7 Å². The molecule has 0 radical (unpaired) electrons. The molecule has 0 unspecified atom stereocenters. The summed E-state index contributed by atoms with van der Waals surface area (Å²) in [6.45, 7) is 6.27. The highest BCUT2D eigenvalue weighted by Crippen LogP contribution is 2.28. The number of aryl methyl sites for hydroxylation is 1. The lowest BCUT2D eigenvalue weighted by Crippen LogP contribution is -1.96. The van der Waals surface area contributed by atoms with Crippen LogP contribution in [0.2, 0.25) is 0 Å². The molecule has 2 heterocycles. The Morgan fingerprint density at radius 3 is 2.85 bits per heavy atom. The van der Waals surface area contributed by atoms with E-state index in [-0.39, 0.29) is 5.82 Å². The molecule has 0 fully saturated rings. The molecule has 3 rings (SSSR count). The number of fused-ring (bicyclic) bond motifs is 1. The molecule has 1 aromatic carbocycles. The van der Waals surface area contributed by atoms with Gasteiger partial charge >= 0.3 is 0 Å². The van der Waals surface area contributed by atoms with Crippen LogP contribution in [-0.4, -0.2) is 14.6 Å². The predicted molar refractivity (Wildman–Crippen MR) is 79.5 cm³/mol. The van der Waals surface area contributed by atoms with Crippen molar-refractivity contribution < 1.29 is 4.39 Å². The molecule has 0 aliphatic heterocycles. The van der Waals surface area contributed by atoms with Crippen LogP contribution in [0.3, 0.4) is 0 Å². The van der Waals surface area contributed by atoms with Crippen molar-refractivity contribution in [3.8, 4) is 11.3 Å². The van der Waals surface area contributed by atoms with Gasteiger partial charge in [-0.2, -0.15) is 5.10 Å². The first-order chi connectivity index (χ1) is 9.54. The van der Waals surface area contributed by atoms with E-state index in [2.05, 4.69) is 23.9 Å². The third-order valence-corrected chi connectivity index (χ3v) is 4.03. The molecule has 3 aromatic rings. The van der Waals surface area contributed by atoms with E-state index in [0.29, 0.717) is 5.92 Å². The largest absolute Gasteiger partial charge is 0.222 e. The second kappa shape index (κ2) is 4.98. The molecule has 20 heavy (non-hydrogen) atoms. The zero-order valence-electron chi connectivity index (χ0n) is 11.7. The minimum absolute atomic E-state index is 0.241. The Bertz CT molecular complexity index is 758. The van der Waals surface area contributed by atoms with Gasteiger partial charge in [0.1, 0.15) is 10.8 Å². The van der Waals surface area contributed by atoms with Crippen LogP contribution in [0.25, 0.3) is 16.2 Å². The van der Waals surface area contributed by atoms with Crippen molar-refractivity contribution in [3.63, 3.8) is 0 Å². The van der Waals surface area contributed by atoms with Crippen molar-refractivity contribution in [1.82, 2.24) is 14.6 Å². The van der Waals surface area contributed by atoms with E-state index < -0.39 is 0 Å². The number of aromatic nitrogens is 3. The average Bonchev–Trinajstić information content (AvgIpc) is 2.83. The average molecular weight is 289 g/mol. The molecule has 104 valence electrons. The summed E-state index contributed by atoms with van der Waals surface area (Å²) in [5.74, 6) is 0.319. The fourth-order valence-electron chi connectivity index (χ4n) is 2.29. The van der Waals surface area contributed by atoms with Gasteiger partial charge in [-0.15, -0.1) is 0 Å². The van der Waals surface area contributed by atoms with E-state index in [1.165, 1.54) is 12.1 Å². The van der Waals surface area contributed by atoms with E-state index in [1.807, 2.05) is 17.5 Å². The second-order valence-electron chi connectivity index (χ2n) is 5.34. The van der Waals surface area contributed by atoms with Gasteiger partial charge in [-0.3, -0.25) is 0 Å². The van der Waals surface area contributed by atoms with Crippen LogP contribution in [0.4, 0.5) is 4.39 Å². The molecule has 0 bridgehead atoms. The molecular weight excluding hydrogens is 273 g/mol. The lowest BCUT2D eigenvalue weighted by Gasteiger charge is -2.01. The standard InChI is InChI=1S/C15H16FN3S/c1-9(2)7-13-18-19-14(10(3)17-15(19)20-13)11-5-4-6-12(16)8-11/h4-6,8-9H,7H2,1-3H3. The molecule has 5 heteroatoms. The minimum atomic E-state index is -0.241. The fourth-order valence-corrected chi connectivity index (χ4v) is 3.44. The Balaban J connectivity index is 2.14. The van der Waals surface area contributed by atoms with Gasteiger partial charge < -0.3 is 0 Å². The highest BCUT2D eigenvalue weighted by Gasteiger charge is 2.16. The second-order valence-corrected chi connectivity index (χ2v) is 6.38. The molecule has 0 saturated carbocycles. The first kappa shape index (κ1) is 13.2. The zero-order chi connectivity index (χ0) is 14.3. The number of halogens is 1. The predicted octanol–water partition coefficient (Wildman–Crippen LogP) is 4.10. The Kier molecular flexibility index (Phi) is 3.30. The third kappa shape index (κ3) is 2.33. The van der Waals surface area contributed by atoms with Crippen LogP contribution < -0.4 is 0 Å². The molecule has 0 spiro atoms. The Morgan fingerprint density at radius 1 is 1.35 bits per heavy atom. The molecule has 0 aliphatic rings. The SMILES string of the molecule is Cc1nc2sc(CC(C)C)nn2c1-c1cccc(F)c1. The Labute approximate surface area is 121 Å². The van der Waals surface area contributed by atoms with Gasteiger partial charge in [-0.1, -0.05) is 37.3 Å². The third-order valence-electron chi connectivity index (χ3n) is 3.10. The monoisotopic (exact) mass is 289 g/mol. The van der Waals surface area contributed by atoms with Crippen LogP contribution in [-0.2, 0) is 6.42 Å². The smallest absolute Gasteiger partial charge is 0.212 e. The highest BCUT2D eigenvalue weighted by atomic mass is 32.1. The van der Waals surface area contributed by atoms with E-state index in [9.17, 15) is 4.39 Å². The number of benzene rings is 1. The van der Waals surface area contributed by atoms with Crippen molar-refractivity contribution in [1.29, 1.82) is 0 Å². The van der Waals surface area contributed by atoms with E-state index in [0.717, 1.165) is 33.3 Å². The first-order valence-electron chi connectivity index (χ1n) is 6.65. The number of nitrogens with zero attached hydrogens (tertiary/aromatic N) is 3. The van der Waals surface area contributed by atoms with Crippen molar-refractivity contribution in [2.75, 3.05) is 0 Å². The molecule has 0 atom stereocenters. The summed E-state index contributed by atoms with van der Waals surface area (Å²) in [4.78, 5) is 5.42. The van der Waals surface area contributed by atoms with Gasteiger partial charge in [0.25, 0.3) is 0 Å². The summed E-state index contributed by atoms with van der Waals surface area (Å²) in [6, 6.07) is 6.58. The summed E-state index contributed by atoms with van der Waals surface area (Å²) in [5.41, 5.74) is 2.58. The molecule has 0 amide bonds. The van der Waals surface area contributed by atoms with Crippen molar-refractivity contribution in [2.24, 2.45) is 5.92 Å². The van der Waals surface area contributed by atoms with Crippen molar-refractivity contribution >= 4 is 16.3 Å². The van der Waals surface area contributed by atoms with E-state index in [1.54, 1.807) is 17.4 Å². The summed E-state index contributed by atoms with van der Waals surface area (Å²) in [7, 11) is 0. The number of rotatable bonds is 3. The van der Waals surface area contributed by atoms with Crippen LogP contribution in [0.1, 0.15) is 24.5 Å². The van der Waals surface area contributed by atoms with Crippen molar-refractivity contribution in [2.45, 2.75) is 27.2 Å². The number of imidazole rings is 1. The minimum Gasteiger partial charge on any atom is -0.222 e. The zero-order valence-corrected chi connectivity index (χ0v) is 12.5. The van der Waals surface area contributed by atoms with Crippen molar-refractivity contribution in [3.05, 3.63) is 40.8 Å². The normalized spacial score (nSPS) is 11.7. The highest BCUT2D eigenvalue weighted by molar-refractivity contribution is 7.16. The Hall–Kier alpha value is -1.75. The first-order valence-corrected chi connectivity index (χ1v) is 7.47. The molecule has 0 N–H and O–H groups in total. The van der Waals surface area contributed by atoms with Gasteiger partial charge in [0.05, 0.1) is 11.4 Å².